The van der Waals surface area contributed by atoms with Gasteiger partial charge in [-0.2, -0.15) is 5.10 Å². The van der Waals surface area contributed by atoms with E-state index in [4.69, 9.17) is 16.3 Å². The highest BCUT2D eigenvalue weighted by Crippen LogP contribution is 2.24. The maximum absolute atomic E-state index is 12.5. The Balaban J connectivity index is 1.73. The molecule has 3 heterocycles. The van der Waals surface area contributed by atoms with Crippen LogP contribution in [-0.4, -0.2) is 42.1 Å². The van der Waals surface area contributed by atoms with Gasteiger partial charge >= 0.3 is 0 Å². The molecule has 0 saturated carbocycles. The molecule has 2 aliphatic heterocycles. The minimum absolute atomic E-state index is 0.138. The highest BCUT2D eigenvalue weighted by Gasteiger charge is 2.23. The van der Waals surface area contributed by atoms with Gasteiger partial charge in [-0.1, -0.05) is 11.6 Å². The summed E-state index contributed by atoms with van der Waals surface area (Å²) in [7, 11) is 0. The van der Waals surface area contributed by atoms with E-state index < -0.39 is 0 Å². The Labute approximate surface area is 141 Å². The first-order valence-corrected chi connectivity index (χ1v) is 8.87. The number of hydrogen-bond donors (Lipinski definition) is 2. The third kappa shape index (κ3) is 3.87. The second-order valence-electron chi connectivity index (χ2n) is 6.51. The summed E-state index contributed by atoms with van der Waals surface area (Å²) in [6.45, 7) is 5.53. The third-order valence-corrected chi connectivity index (χ3v) is 5.25. The Morgan fingerprint density at radius 3 is 2.91 bits per heavy atom. The molecule has 2 atom stereocenters. The maximum Gasteiger partial charge on any atom is 0.287 e. The maximum atomic E-state index is 12.5. The predicted molar refractivity (Wildman–Crippen MR) is 91.3 cm³/mol. The lowest BCUT2D eigenvalue weighted by Gasteiger charge is -2.29. The summed E-state index contributed by atoms with van der Waals surface area (Å²) >= 11 is 6.32. The average Bonchev–Trinajstić information content (AvgIpc) is 2.60. The largest absolute Gasteiger partial charge is 0.381 e. The Hall–Kier alpha value is -1.11. The lowest BCUT2D eigenvalue weighted by atomic mass is 9.95. The van der Waals surface area contributed by atoms with Gasteiger partial charge in [-0.15, -0.1) is 0 Å². The molecule has 2 aliphatic rings. The van der Waals surface area contributed by atoms with Crippen LogP contribution in [-0.2, 0) is 4.74 Å². The van der Waals surface area contributed by atoms with E-state index in [1.54, 1.807) is 10.9 Å². The lowest BCUT2D eigenvalue weighted by molar-refractivity contribution is 0.0496. The number of rotatable bonds is 4. The molecule has 2 saturated heterocycles. The van der Waals surface area contributed by atoms with Gasteiger partial charge in [-0.3, -0.25) is 4.79 Å². The molecular formula is C16H25ClN4O2. The summed E-state index contributed by atoms with van der Waals surface area (Å²) in [5, 5.41) is 11.2. The number of ether oxygens (including phenoxy) is 1. The minimum Gasteiger partial charge on any atom is -0.381 e. The second kappa shape index (κ2) is 7.64. The summed E-state index contributed by atoms with van der Waals surface area (Å²) < 4.78 is 7.08. The number of hydrogen-bond acceptors (Lipinski definition) is 5. The van der Waals surface area contributed by atoms with Crippen LogP contribution in [0.2, 0.25) is 5.02 Å². The monoisotopic (exact) mass is 340 g/mol. The van der Waals surface area contributed by atoms with Crippen molar-refractivity contribution in [3.63, 3.8) is 0 Å². The molecule has 2 N–H and O–H groups in total. The zero-order valence-corrected chi connectivity index (χ0v) is 14.3. The Kier molecular flexibility index (Phi) is 5.56. The van der Waals surface area contributed by atoms with Crippen LogP contribution in [0.25, 0.3) is 0 Å². The minimum atomic E-state index is -0.198. The van der Waals surface area contributed by atoms with Gasteiger partial charge in [0.25, 0.3) is 5.56 Å². The van der Waals surface area contributed by atoms with E-state index in [9.17, 15) is 4.79 Å². The van der Waals surface area contributed by atoms with E-state index >= 15 is 0 Å². The van der Waals surface area contributed by atoms with Crippen molar-refractivity contribution < 1.29 is 4.74 Å². The average molecular weight is 341 g/mol. The van der Waals surface area contributed by atoms with Crippen LogP contribution in [0, 0.1) is 5.92 Å². The number of nitrogens with zero attached hydrogens (tertiary/aromatic N) is 2. The predicted octanol–water partition coefficient (Wildman–Crippen LogP) is 2.05. The fraction of sp³-hybridized carbons (Fsp3) is 0.750. The molecule has 0 aliphatic carbocycles. The number of aromatic nitrogens is 2. The van der Waals surface area contributed by atoms with Crippen LogP contribution in [0.1, 0.15) is 38.6 Å². The molecule has 6 nitrogen and oxygen atoms in total. The molecule has 0 bridgehead atoms. The lowest BCUT2D eigenvalue weighted by Crippen LogP contribution is -2.37. The first-order valence-electron chi connectivity index (χ1n) is 8.49. The van der Waals surface area contributed by atoms with Crippen LogP contribution >= 0.6 is 11.6 Å². The number of anilines is 1. The van der Waals surface area contributed by atoms with Gasteiger partial charge < -0.3 is 15.4 Å². The summed E-state index contributed by atoms with van der Waals surface area (Å²) in [5.74, 6) is 0.437. The number of nitrogens with one attached hydrogen (secondary N) is 2. The van der Waals surface area contributed by atoms with Crippen molar-refractivity contribution in [3.8, 4) is 0 Å². The molecule has 0 aromatic carbocycles. The Bertz CT molecular complexity index is 580. The topological polar surface area (TPSA) is 68.2 Å². The van der Waals surface area contributed by atoms with E-state index in [0.29, 0.717) is 11.6 Å². The highest BCUT2D eigenvalue weighted by atomic mass is 35.5. The van der Waals surface area contributed by atoms with E-state index in [1.165, 1.54) is 0 Å². The molecule has 7 heteroatoms. The third-order valence-electron chi connectivity index (χ3n) is 4.88. The van der Waals surface area contributed by atoms with Gasteiger partial charge in [0.15, 0.2) is 0 Å². The summed E-state index contributed by atoms with van der Waals surface area (Å²) in [5.41, 5.74) is 0.426. The molecule has 23 heavy (non-hydrogen) atoms. The van der Waals surface area contributed by atoms with E-state index in [-0.39, 0.29) is 22.7 Å². The quantitative estimate of drug-likeness (QED) is 0.878. The molecular weight excluding hydrogens is 316 g/mol. The molecule has 1 aromatic rings. The first kappa shape index (κ1) is 16.7. The van der Waals surface area contributed by atoms with Crippen molar-refractivity contribution >= 4 is 17.3 Å². The fourth-order valence-corrected chi connectivity index (χ4v) is 3.57. The Morgan fingerprint density at radius 1 is 1.43 bits per heavy atom. The second-order valence-corrected chi connectivity index (χ2v) is 6.89. The van der Waals surface area contributed by atoms with Crippen molar-refractivity contribution in [2.24, 2.45) is 5.92 Å². The van der Waals surface area contributed by atoms with Crippen LogP contribution in [0.3, 0.4) is 0 Å². The van der Waals surface area contributed by atoms with E-state index in [1.807, 2.05) is 0 Å². The molecule has 0 unspecified atom stereocenters. The fourth-order valence-electron chi connectivity index (χ4n) is 3.38. The summed E-state index contributed by atoms with van der Waals surface area (Å²) in [4.78, 5) is 12.5. The van der Waals surface area contributed by atoms with Gasteiger partial charge in [0.2, 0.25) is 0 Å². The zero-order valence-electron chi connectivity index (χ0n) is 13.6. The normalized spacial score (nSPS) is 24.3. The van der Waals surface area contributed by atoms with Gasteiger partial charge in [0.05, 0.1) is 24.5 Å². The SMILES string of the molecule is C[C@H](Nc1cnn(C2CCNCC2)c(=O)c1Cl)[C@H]1CCCOC1. The zero-order chi connectivity index (χ0) is 16.2. The van der Waals surface area contributed by atoms with Crippen molar-refractivity contribution in [1.82, 2.24) is 15.1 Å². The summed E-state index contributed by atoms with van der Waals surface area (Å²) in [6.07, 6.45) is 5.72. The van der Waals surface area contributed by atoms with Gasteiger partial charge in [-0.05, 0) is 45.7 Å². The molecule has 0 radical (unpaired) electrons. The van der Waals surface area contributed by atoms with Crippen LogP contribution < -0.4 is 16.2 Å². The molecule has 1 aromatic heterocycles. The van der Waals surface area contributed by atoms with Crippen LogP contribution in [0.5, 0.6) is 0 Å². The van der Waals surface area contributed by atoms with E-state index in [0.717, 1.165) is 52.0 Å². The van der Waals surface area contributed by atoms with Gasteiger partial charge in [0, 0.05) is 18.6 Å². The standard InChI is InChI=1S/C16H25ClN4O2/c1-11(12-3-2-8-23-10-12)20-14-9-19-21(16(22)15(14)17)13-4-6-18-7-5-13/h9,11-13,18,20H,2-8,10H2,1H3/t11-,12-/m0/s1. The van der Waals surface area contributed by atoms with Crippen LogP contribution in [0.15, 0.2) is 11.0 Å². The number of piperidine rings is 1. The molecule has 0 spiro atoms. The van der Waals surface area contributed by atoms with Crippen molar-refractivity contribution in [3.05, 3.63) is 21.6 Å². The molecule has 128 valence electrons. The molecule has 0 amide bonds. The van der Waals surface area contributed by atoms with Gasteiger partial charge in [-0.25, -0.2) is 4.68 Å². The summed E-state index contributed by atoms with van der Waals surface area (Å²) in [6, 6.07) is 0.336. The first-order chi connectivity index (χ1) is 11.2. The Morgan fingerprint density at radius 2 is 2.22 bits per heavy atom. The highest BCUT2D eigenvalue weighted by molar-refractivity contribution is 6.32. The molecule has 3 rings (SSSR count). The van der Waals surface area contributed by atoms with Crippen molar-refractivity contribution in [2.45, 2.75) is 44.7 Å². The van der Waals surface area contributed by atoms with Gasteiger partial charge in [0.1, 0.15) is 5.02 Å². The number of halogens is 1. The molecule has 2 fully saturated rings. The van der Waals surface area contributed by atoms with Crippen molar-refractivity contribution in [2.75, 3.05) is 31.6 Å². The van der Waals surface area contributed by atoms with Crippen LogP contribution in [0.4, 0.5) is 5.69 Å². The van der Waals surface area contributed by atoms with E-state index in [2.05, 4.69) is 22.7 Å². The smallest absolute Gasteiger partial charge is 0.287 e. The van der Waals surface area contributed by atoms with Crippen molar-refractivity contribution in [1.29, 1.82) is 0 Å².